The van der Waals surface area contributed by atoms with Crippen LogP contribution in [0.5, 0.6) is 5.75 Å². The predicted octanol–water partition coefficient (Wildman–Crippen LogP) is 2.60. The normalized spacial score (nSPS) is 17.4. The van der Waals surface area contributed by atoms with E-state index >= 15 is 0 Å². The fraction of sp³-hybridized carbons (Fsp3) is 0.308. The smallest absolute Gasteiger partial charge is 0.273 e. The summed E-state index contributed by atoms with van der Waals surface area (Å²) in [6.07, 6.45) is 6.35. The zero-order chi connectivity index (χ0) is 13.8. The highest BCUT2D eigenvalue weighted by Gasteiger charge is 2.16. The van der Waals surface area contributed by atoms with E-state index in [9.17, 15) is 20.0 Å². The van der Waals surface area contributed by atoms with E-state index in [4.69, 9.17) is 0 Å². The number of hydrogen-bond acceptors (Lipinski definition) is 4. The first-order valence-electron chi connectivity index (χ1n) is 6.00. The Morgan fingerprint density at radius 1 is 1.53 bits per heavy atom. The quantitative estimate of drug-likeness (QED) is 0.377. The molecular formula is C13H14N2O4. The van der Waals surface area contributed by atoms with Gasteiger partial charge in [0.1, 0.15) is 5.75 Å². The number of carbonyl (C=O) groups is 1. The summed E-state index contributed by atoms with van der Waals surface area (Å²) in [5.74, 6) is -0.273. The molecule has 0 radical (unpaired) electrons. The van der Waals surface area contributed by atoms with Gasteiger partial charge in [-0.05, 0) is 24.8 Å². The van der Waals surface area contributed by atoms with Gasteiger partial charge in [-0.15, -0.1) is 0 Å². The molecule has 0 saturated heterocycles. The average Bonchev–Trinajstić information content (AvgIpc) is 2.84. The lowest BCUT2D eigenvalue weighted by Crippen LogP contribution is -2.14. The summed E-state index contributed by atoms with van der Waals surface area (Å²) in [6.45, 7) is 0. The van der Waals surface area contributed by atoms with Crippen molar-refractivity contribution in [1.82, 2.24) is 0 Å². The molecule has 0 fully saturated rings. The molecule has 1 atom stereocenters. The number of benzene rings is 1. The average molecular weight is 262 g/mol. The lowest BCUT2D eigenvalue weighted by atomic mass is 10.1. The van der Waals surface area contributed by atoms with Crippen LogP contribution in [0.15, 0.2) is 30.4 Å². The SMILES string of the molecule is O=C(CC1C=CCC1)Nc1ccc([N+](=O)[O-])cc1O. The standard InChI is InChI=1S/C13H14N2O4/c16-12-8-10(15(18)19)5-6-11(12)14-13(17)7-9-3-1-2-4-9/h1,3,5-6,8-9,16H,2,4,7H2,(H,14,17). The van der Waals surface area contributed by atoms with Gasteiger partial charge in [-0.25, -0.2) is 0 Å². The molecule has 6 heteroatoms. The molecule has 0 heterocycles. The molecule has 2 N–H and O–H groups in total. The van der Waals surface area contributed by atoms with Crippen molar-refractivity contribution in [2.45, 2.75) is 19.3 Å². The summed E-state index contributed by atoms with van der Waals surface area (Å²) in [4.78, 5) is 21.7. The molecule has 100 valence electrons. The van der Waals surface area contributed by atoms with Crippen molar-refractivity contribution in [1.29, 1.82) is 0 Å². The van der Waals surface area contributed by atoms with Crippen LogP contribution in [0.4, 0.5) is 11.4 Å². The molecule has 0 aliphatic heterocycles. The molecule has 6 nitrogen and oxygen atoms in total. The van der Waals surface area contributed by atoms with E-state index < -0.39 is 4.92 Å². The van der Waals surface area contributed by atoms with Crippen molar-refractivity contribution in [3.05, 3.63) is 40.5 Å². The summed E-state index contributed by atoms with van der Waals surface area (Å²) in [7, 11) is 0. The van der Waals surface area contributed by atoms with Gasteiger partial charge in [0.2, 0.25) is 5.91 Å². The number of aromatic hydroxyl groups is 1. The number of phenolic OH excluding ortho intramolecular Hbond substituents is 1. The molecular weight excluding hydrogens is 248 g/mol. The van der Waals surface area contributed by atoms with E-state index in [1.165, 1.54) is 12.1 Å². The van der Waals surface area contributed by atoms with Crippen LogP contribution < -0.4 is 5.32 Å². The number of anilines is 1. The van der Waals surface area contributed by atoms with Crippen LogP contribution in [0.25, 0.3) is 0 Å². The number of hydrogen-bond donors (Lipinski definition) is 2. The first-order chi connectivity index (χ1) is 9.06. The van der Waals surface area contributed by atoms with E-state index in [1.807, 2.05) is 12.2 Å². The van der Waals surface area contributed by atoms with Gasteiger partial charge in [0.05, 0.1) is 16.7 Å². The maximum atomic E-state index is 11.7. The highest BCUT2D eigenvalue weighted by molar-refractivity contribution is 5.92. The summed E-state index contributed by atoms with van der Waals surface area (Å²) >= 11 is 0. The van der Waals surface area contributed by atoms with Crippen molar-refractivity contribution >= 4 is 17.3 Å². The number of nitrogens with zero attached hydrogens (tertiary/aromatic N) is 1. The monoisotopic (exact) mass is 262 g/mol. The van der Waals surface area contributed by atoms with Crippen LogP contribution in [0, 0.1) is 16.0 Å². The number of amides is 1. The van der Waals surface area contributed by atoms with Crippen LogP contribution in [-0.4, -0.2) is 15.9 Å². The lowest BCUT2D eigenvalue weighted by Gasteiger charge is -2.09. The highest BCUT2D eigenvalue weighted by atomic mass is 16.6. The number of nitrogens with one attached hydrogen (secondary N) is 1. The first kappa shape index (κ1) is 13.1. The largest absolute Gasteiger partial charge is 0.506 e. The van der Waals surface area contributed by atoms with Crippen LogP contribution in [0.2, 0.25) is 0 Å². The van der Waals surface area contributed by atoms with Crippen molar-refractivity contribution in [3.8, 4) is 5.75 Å². The zero-order valence-electron chi connectivity index (χ0n) is 10.2. The van der Waals surface area contributed by atoms with Crippen LogP contribution >= 0.6 is 0 Å². The van der Waals surface area contributed by atoms with Crippen LogP contribution in [-0.2, 0) is 4.79 Å². The number of nitro benzene ring substituents is 1. The maximum absolute atomic E-state index is 11.7. The summed E-state index contributed by atoms with van der Waals surface area (Å²) in [5, 5.41) is 22.7. The van der Waals surface area contributed by atoms with E-state index in [0.717, 1.165) is 18.9 Å². The number of non-ortho nitro benzene ring substituents is 1. The summed E-state index contributed by atoms with van der Waals surface area (Å²) in [6, 6.07) is 3.59. The van der Waals surface area contributed by atoms with Crippen molar-refractivity contribution in [3.63, 3.8) is 0 Å². The van der Waals surface area contributed by atoms with Crippen molar-refractivity contribution < 1.29 is 14.8 Å². The van der Waals surface area contributed by atoms with E-state index in [2.05, 4.69) is 5.32 Å². The van der Waals surface area contributed by atoms with Gasteiger partial charge >= 0.3 is 0 Å². The van der Waals surface area contributed by atoms with E-state index in [0.29, 0.717) is 6.42 Å². The molecule has 1 aliphatic carbocycles. The van der Waals surface area contributed by atoms with Crippen LogP contribution in [0.1, 0.15) is 19.3 Å². The minimum Gasteiger partial charge on any atom is -0.506 e. The van der Waals surface area contributed by atoms with E-state index in [-0.39, 0.29) is 28.9 Å². The zero-order valence-corrected chi connectivity index (χ0v) is 10.2. The third kappa shape index (κ3) is 3.31. The molecule has 0 bridgehead atoms. The van der Waals surface area contributed by atoms with Gasteiger partial charge in [0.25, 0.3) is 5.69 Å². The molecule has 1 aliphatic rings. The molecule has 1 aromatic carbocycles. The second-order valence-corrected chi connectivity index (χ2v) is 4.48. The minimum atomic E-state index is -0.603. The molecule has 1 unspecified atom stereocenters. The van der Waals surface area contributed by atoms with Crippen molar-refractivity contribution in [2.75, 3.05) is 5.32 Å². The van der Waals surface area contributed by atoms with Gasteiger partial charge in [-0.1, -0.05) is 12.2 Å². The molecule has 0 aromatic heterocycles. The molecule has 19 heavy (non-hydrogen) atoms. The van der Waals surface area contributed by atoms with Gasteiger partial charge in [-0.2, -0.15) is 0 Å². The Morgan fingerprint density at radius 3 is 2.89 bits per heavy atom. The Kier molecular flexibility index (Phi) is 3.79. The number of phenols is 1. The third-order valence-corrected chi connectivity index (χ3v) is 3.03. The Balaban J connectivity index is 2.00. The van der Waals surface area contributed by atoms with Crippen LogP contribution in [0.3, 0.4) is 0 Å². The highest BCUT2D eigenvalue weighted by Crippen LogP contribution is 2.28. The Labute approximate surface area is 109 Å². The van der Waals surface area contributed by atoms with Crippen molar-refractivity contribution in [2.24, 2.45) is 5.92 Å². The fourth-order valence-electron chi connectivity index (χ4n) is 2.04. The Bertz CT molecular complexity index is 539. The Morgan fingerprint density at radius 2 is 2.32 bits per heavy atom. The number of nitro groups is 1. The summed E-state index contributed by atoms with van der Waals surface area (Å²) in [5.41, 5.74) is -0.0215. The molecule has 2 rings (SSSR count). The van der Waals surface area contributed by atoms with Gasteiger partial charge in [0.15, 0.2) is 0 Å². The minimum absolute atomic E-state index is 0.192. The van der Waals surface area contributed by atoms with Gasteiger partial charge < -0.3 is 10.4 Å². The topological polar surface area (TPSA) is 92.5 Å². The Hall–Kier alpha value is -2.37. The molecule has 0 spiro atoms. The maximum Gasteiger partial charge on any atom is 0.273 e. The third-order valence-electron chi connectivity index (χ3n) is 3.03. The van der Waals surface area contributed by atoms with Gasteiger partial charge in [0, 0.05) is 12.5 Å². The fourth-order valence-corrected chi connectivity index (χ4v) is 2.04. The van der Waals surface area contributed by atoms with Gasteiger partial charge in [-0.3, -0.25) is 14.9 Å². The second-order valence-electron chi connectivity index (χ2n) is 4.48. The predicted molar refractivity (Wildman–Crippen MR) is 69.9 cm³/mol. The molecule has 1 amide bonds. The molecule has 0 saturated carbocycles. The first-order valence-corrected chi connectivity index (χ1v) is 6.00. The van der Waals surface area contributed by atoms with E-state index in [1.54, 1.807) is 0 Å². The molecule has 1 aromatic rings. The lowest BCUT2D eigenvalue weighted by molar-refractivity contribution is -0.384. The number of rotatable bonds is 4. The second kappa shape index (κ2) is 5.51. The number of allylic oxidation sites excluding steroid dienone is 2. The summed E-state index contributed by atoms with van der Waals surface area (Å²) < 4.78 is 0. The number of carbonyl (C=O) groups excluding carboxylic acids is 1.